The zero-order valence-corrected chi connectivity index (χ0v) is 10.6. The summed E-state index contributed by atoms with van der Waals surface area (Å²) in [6.45, 7) is 10.4. The van der Waals surface area contributed by atoms with Crippen molar-refractivity contribution in [3.05, 3.63) is 0 Å². The lowest BCUT2D eigenvalue weighted by Gasteiger charge is -2.23. The van der Waals surface area contributed by atoms with Crippen LogP contribution in [0.25, 0.3) is 0 Å². The van der Waals surface area contributed by atoms with Crippen LogP contribution in [0, 0.1) is 5.92 Å². The van der Waals surface area contributed by atoms with Gasteiger partial charge in [-0.05, 0) is 40.0 Å². The molecule has 1 saturated carbocycles. The van der Waals surface area contributed by atoms with Gasteiger partial charge in [-0.15, -0.1) is 0 Å². The standard InChI is InChI=1S/C12H25N3/c1-5-13-11(15-12(2,3)4)14-9-8-10-6-7-10/h10H,5-9H2,1-4H3,(H2,13,14,15). The Morgan fingerprint density at radius 3 is 2.47 bits per heavy atom. The lowest BCUT2D eigenvalue weighted by molar-refractivity contribution is 0.501. The minimum atomic E-state index is 0.0839. The molecule has 0 aromatic rings. The molecule has 0 spiro atoms. The second kappa shape index (κ2) is 5.38. The van der Waals surface area contributed by atoms with Gasteiger partial charge in [-0.2, -0.15) is 0 Å². The molecule has 1 fully saturated rings. The van der Waals surface area contributed by atoms with Crippen molar-refractivity contribution in [2.45, 2.75) is 52.5 Å². The van der Waals surface area contributed by atoms with Crippen LogP contribution in [-0.4, -0.2) is 24.6 Å². The topological polar surface area (TPSA) is 36.4 Å². The smallest absolute Gasteiger partial charge is 0.191 e. The van der Waals surface area contributed by atoms with E-state index in [2.05, 4.69) is 43.3 Å². The van der Waals surface area contributed by atoms with Gasteiger partial charge in [0.05, 0.1) is 0 Å². The van der Waals surface area contributed by atoms with E-state index in [1.165, 1.54) is 19.3 Å². The number of hydrogen-bond acceptors (Lipinski definition) is 1. The molecule has 0 aromatic carbocycles. The summed E-state index contributed by atoms with van der Waals surface area (Å²) in [5, 5.41) is 6.66. The Kier molecular flexibility index (Phi) is 4.43. The third-order valence-electron chi connectivity index (χ3n) is 2.34. The first-order valence-corrected chi connectivity index (χ1v) is 6.08. The summed E-state index contributed by atoms with van der Waals surface area (Å²) in [6.07, 6.45) is 4.08. The highest BCUT2D eigenvalue weighted by atomic mass is 15.2. The molecule has 0 saturated heterocycles. The maximum Gasteiger partial charge on any atom is 0.191 e. The van der Waals surface area contributed by atoms with Crippen molar-refractivity contribution in [1.82, 2.24) is 10.6 Å². The summed E-state index contributed by atoms with van der Waals surface area (Å²) >= 11 is 0. The second-order valence-electron chi connectivity index (χ2n) is 5.37. The zero-order valence-electron chi connectivity index (χ0n) is 10.6. The van der Waals surface area contributed by atoms with E-state index in [-0.39, 0.29) is 5.54 Å². The summed E-state index contributed by atoms with van der Waals surface area (Å²) in [4.78, 5) is 4.57. The summed E-state index contributed by atoms with van der Waals surface area (Å²) in [5.41, 5.74) is 0.0839. The van der Waals surface area contributed by atoms with Crippen LogP contribution < -0.4 is 10.6 Å². The fourth-order valence-electron chi connectivity index (χ4n) is 1.43. The van der Waals surface area contributed by atoms with E-state index in [1.54, 1.807) is 0 Å². The van der Waals surface area contributed by atoms with Gasteiger partial charge < -0.3 is 10.6 Å². The number of nitrogens with one attached hydrogen (secondary N) is 2. The Morgan fingerprint density at radius 2 is 2.00 bits per heavy atom. The van der Waals surface area contributed by atoms with E-state index in [4.69, 9.17) is 0 Å². The molecule has 0 bridgehead atoms. The molecular formula is C12H25N3. The van der Waals surface area contributed by atoms with Gasteiger partial charge in [0.2, 0.25) is 0 Å². The highest BCUT2D eigenvalue weighted by Gasteiger charge is 2.20. The minimum absolute atomic E-state index is 0.0839. The molecule has 15 heavy (non-hydrogen) atoms. The quantitative estimate of drug-likeness (QED) is 0.552. The van der Waals surface area contributed by atoms with Gasteiger partial charge >= 0.3 is 0 Å². The highest BCUT2D eigenvalue weighted by molar-refractivity contribution is 5.80. The molecule has 1 rings (SSSR count). The largest absolute Gasteiger partial charge is 0.357 e. The molecule has 0 aliphatic heterocycles. The number of hydrogen-bond donors (Lipinski definition) is 2. The van der Waals surface area contributed by atoms with Gasteiger partial charge in [0.1, 0.15) is 0 Å². The number of nitrogens with zero attached hydrogens (tertiary/aromatic N) is 1. The Bertz CT molecular complexity index is 211. The van der Waals surface area contributed by atoms with Crippen molar-refractivity contribution < 1.29 is 0 Å². The Labute approximate surface area is 93.7 Å². The van der Waals surface area contributed by atoms with E-state index < -0.39 is 0 Å². The molecule has 0 amide bonds. The van der Waals surface area contributed by atoms with Crippen LogP contribution >= 0.6 is 0 Å². The van der Waals surface area contributed by atoms with Gasteiger partial charge in [0, 0.05) is 18.6 Å². The SMILES string of the molecule is CCNC(=NCCC1CC1)NC(C)(C)C. The minimum Gasteiger partial charge on any atom is -0.357 e. The number of rotatable bonds is 4. The van der Waals surface area contributed by atoms with E-state index >= 15 is 0 Å². The van der Waals surface area contributed by atoms with E-state index in [1.807, 2.05) is 0 Å². The molecule has 1 aliphatic carbocycles. The molecule has 88 valence electrons. The van der Waals surface area contributed by atoms with E-state index in [9.17, 15) is 0 Å². The second-order valence-corrected chi connectivity index (χ2v) is 5.37. The molecule has 1 aliphatic rings. The molecule has 2 N–H and O–H groups in total. The van der Waals surface area contributed by atoms with Crippen molar-refractivity contribution >= 4 is 5.96 Å². The van der Waals surface area contributed by atoms with Crippen molar-refractivity contribution in [2.75, 3.05) is 13.1 Å². The third kappa shape index (κ3) is 6.37. The number of aliphatic imine (C=N–C) groups is 1. The fraction of sp³-hybridized carbons (Fsp3) is 0.917. The van der Waals surface area contributed by atoms with Gasteiger partial charge in [-0.3, -0.25) is 4.99 Å². The zero-order chi connectivity index (χ0) is 11.3. The first-order chi connectivity index (χ1) is 7.01. The van der Waals surface area contributed by atoms with Gasteiger partial charge in [-0.1, -0.05) is 12.8 Å². The molecule has 0 atom stereocenters. The summed E-state index contributed by atoms with van der Waals surface area (Å²) in [5.74, 6) is 1.91. The van der Waals surface area contributed by atoms with E-state index in [0.29, 0.717) is 0 Å². The summed E-state index contributed by atoms with van der Waals surface area (Å²) in [7, 11) is 0. The van der Waals surface area contributed by atoms with Crippen molar-refractivity contribution in [3.63, 3.8) is 0 Å². The molecule has 3 heteroatoms. The van der Waals surface area contributed by atoms with Crippen molar-refractivity contribution in [3.8, 4) is 0 Å². The van der Waals surface area contributed by atoms with Gasteiger partial charge in [0.15, 0.2) is 5.96 Å². The van der Waals surface area contributed by atoms with Crippen LogP contribution in [0.2, 0.25) is 0 Å². The predicted molar refractivity (Wildman–Crippen MR) is 66.2 cm³/mol. The van der Waals surface area contributed by atoms with Gasteiger partial charge in [-0.25, -0.2) is 0 Å². The van der Waals surface area contributed by atoms with Gasteiger partial charge in [0.25, 0.3) is 0 Å². The molecule has 0 heterocycles. The predicted octanol–water partition coefficient (Wildman–Crippen LogP) is 2.14. The molecule has 0 unspecified atom stereocenters. The normalized spacial score (nSPS) is 17.7. The third-order valence-corrected chi connectivity index (χ3v) is 2.34. The summed E-state index contributed by atoms with van der Waals surface area (Å²) in [6, 6.07) is 0. The first-order valence-electron chi connectivity index (χ1n) is 6.08. The first kappa shape index (κ1) is 12.3. The monoisotopic (exact) mass is 211 g/mol. The maximum atomic E-state index is 4.57. The molecule has 0 aromatic heterocycles. The Balaban J connectivity index is 2.32. The fourth-order valence-corrected chi connectivity index (χ4v) is 1.43. The van der Waals surface area contributed by atoms with Crippen LogP contribution in [0.1, 0.15) is 47.0 Å². The highest BCUT2D eigenvalue weighted by Crippen LogP contribution is 2.32. The summed E-state index contributed by atoms with van der Waals surface area (Å²) < 4.78 is 0. The van der Waals surface area contributed by atoms with Crippen LogP contribution in [0.5, 0.6) is 0 Å². The number of guanidine groups is 1. The lowest BCUT2D eigenvalue weighted by Crippen LogP contribution is -2.47. The van der Waals surface area contributed by atoms with Crippen LogP contribution in [0.3, 0.4) is 0 Å². The lowest BCUT2D eigenvalue weighted by atomic mass is 10.1. The molecular weight excluding hydrogens is 186 g/mol. The van der Waals surface area contributed by atoms with Crippen LogP contribution in [-0.2, 0) is 0 Å². The maximum absolute atomic E-state index is 4.57. The average Bonchev–Trinajstić information content (AvgIpc) is 2.85. The van der Waals surface area contributed by atoms with Crippen LogP contribution in [0.15, 0.2) is 4.99 Å². The Morgan fingerprint density at radius 1 is 1.33 bits per heavy atom. The Hall–Kier alpha value is -0.730. The average molecular weight is 211 g/mol. The van der Waals surface area contributed by atoms with Crippen molar-refractivity contribution in [1.29, 1.82) is 0 Å². The van der Waals surface area contributed by atoms with Crippen LogP contribution in [0.4, 0.5) is 0 Å². The van der Waals surface area contributed by atoms with E-state index in [0.717, 1.165) is 25.0 Å². The van der Waals surface area contributed by atoms with Crippen molar-refractivity contribution in [2.24, 2.45) is 10.9 Å². The molecule has 0 radical (unpaired) electrons. The molecule has 3 nitrogen and oxygen atoms in total.